The van der Waals surface area contributed by atoms with Crippen LogP contribution >= 0.6 is 0 Å². The van der Waals surface area contributed by atoms with Crippen molar-refractivity contribution in [2.75, 3.05) is 26.2 Å². The molecule has 7 heteroatoms. The Balaban J connectivity index is 1.57. The second-order valence-corrected chi connectivity index (χ2v) is 9.21. The van der Waals surface area contributed by atoms with Gasteiger partial charge in [-0.25, -0.2) is 4.39 Å². The minimum Gasteiger partial charge on any atom is -0.344 e. The third kappa shape index (κ3) is 5.37. The minimum absolute atomic E-state index is 0.0179. The molecule has 0 amide bonds. The Morgan fingerprint density at radius 1 is 0.871 bits per heavy atom. The van der Waals surface area contributed by atoms with E-state index in [2.05, 4.69) is 16.5 Å². The topological polar surface area (TPSA) is 54.2 Å². The summed E-state index contributed by atoms with van der Waals surface area (Å²) in [7, 11) is -3.96. The quantitative estimate of drug-likeness (QED) is 0.492. The van der Waals surface area contributed by atoms with E-state index in [1.807, 2.05) is 53.4 Å². The molecule has 160 valence electrons. The Bertz CT molecular complexity index is 1130. The summed E-state index contributed by atoms with van der Waals surface area (Å²) >= 11 is 0. The van der Waals surface area contributed by atoms with Gasteiger partial charge in [-0.05, 0) is 24.3 Å². The highest BCUT2D eigenvalue weighted by atomic mass is 32.2. The summed E-state index contributed by atoms with van der Waals surface area (Å²) in [6.45, 7) is 4.12. The zero-order valence-electron chi connectivity index (χ0n) is 17.1. The lowest BCUT2D eigenvalue weighted by atomic mass is 10.1. The first-order valence-corrected chi connectivity index (χ1v) is 11.7. The van der Waals surface area contributed by atoms with Gasteiger partial charge >= 0.3 is 0 Å². The molecule has 3 aromatic rings. The lowest BCUT2D eigenvalue weighted by Gasteiger charge is -2.34. The molecular weight excluding hydrogens is 413 g/mol. The first kappa shape index (κ1) is 21.2. The molecule has 1 aliphatic heterocycles. The molecule has 31 heavy (non-hydrogen) atoms. The predicted octanol–water partition coefficient (Wildman–Crippen LogP) is 2.36. The highest BCUT2D eigenvalue weighted by Crippen LogP contribution is 2.16. The molecule has 0 unspecified atom stereocenters. The van der Waals surface area contributed by atoms with Crippen LogP contribution in [0.2, 0.25) is 0 Å². The molecule has 3 aromatic carbocycles. The second kappa shape index (κ2) is 9.41. The molecule has 5 nitrogen and oxygen atoms in total. The van der Waals surface area contributed by atoms with E-state index in [0.717, 1.165) is 37.3 Å². The van der Waals surface area contributed by atoms with Gasteiger partial charge in [0.1, 0.15) is 18.2 Å². The molecule has 0 radical (unpaired) electrons. The Hall–Kier alpha value is -3.03. The zero-order valence-corrected chi connectivity index (χ0v) is 17.9. The van der Waals surface area contributed by atoms with Gasteiger partial charge in [0, 0.05) is 11.1 Å². The molecule has 1 fully saturated rings. The number of rotatable bonds is 5. The highest BCUT2D eigenvalue weighted by molar-refractivity contribution is 7.90. The van der Waals surface area contributed by atoms with Crippen molar-refractivity contribution in [2.45, 2.75) is 11.4 Å². The molecule has 1 heterocycles. The van der Waals surface area contributed by atoms with Crippen LogP contribution < -0.4 is 4.90 Å². The fourth-order valence-electron chi connectivity index (χ4n) is 3.75. The van der Waals surface area contributed by atoms with Gasteiger partial charge in [0.2, 0.25) is 0 Å². The normalized spacial score (nSPS) is 15.8. The minimum atomic E-state index is -3.96. The van der Waals surface area contributed by atoms with Crippen molar-refractivity contribution in [1.29, 1.82) is 0 Å². The summed E-state index contributed by atoms with van der Waals surface area (Å²) < 4.78 is 43.3. The lowest BCUT2D eigenvalue weighted by Crippen LogP contribution is -3.13. The van der Waals surface area contributed by atoms with Crippen molar-refractivity contribution in [3.05, 3.63) is 102 Å². The van der Waals surface area contributed by atoms with Gasteiger partial charge in [-0.3, -0.25) is 0 Å². The van der Waals surface area contributed by atoms with Crippen LogP contribution in [-0.4, -0.2) is 45.3 Å². The molecule has 4 rings (SSSR count). The monoisotopic (exact) mass is 438 g/mol. The summed E-state index contributed by atoms with van der Waals surface area (Å²) in [5.41, 5.74) is 2.04. The fraction of sp³-hybridized carbons (Fsp3) is 0.208. The average molecular weight is 439 g/mol. The van der Waals surface area contributed by atoms with Crippen LogP contribution in [0.4, 0.5) is 4.39 Å². The smallest absolute Gasteiger partial charge is 0.284 e. The maximum atomic E-state index is 13.2. The standard InChI is InChI=1S/C24H24FN3O2S/c25-22-11-13-23(14-12-22)31(29,30)26-24(21-9-5-2-6-10-21)28-17-15-27(16-18-28)19-20-7-3-1-4-8-20/h1-14H,15-19H2/p+1. The number of sulfonamides is 1. The van der Waals surface area contributed by atoms with E-state index in [1.54, 1.807) is 0 Å². The molecule has 1 N–H and O–H groups in total. The number of quaternary nitrogens is 1. The fourth-order valence-corrected chi connectivity index (χ4v) is 4.78. The van der Waals surface area contributed by atoms with Gasteiger partial charge in [-0.2, -0.15) is 8.42 Å². The van der Waals surface area contributed by atoms with Crippen LogP contribution in [0.3, 0.4) is 0 Å². The lowest BCUT2D eigenvalue weighted by molar-refractivity contribution is -0.917. The van der Waals surface area contributed by atoms with Crippen molar-refractivity contribution in [2.24, 2.45) is 4.40 Å². The third-order valence-corrected chi connectivity index (χ3v) is 6.70. The summed E-state index contributed by atoms with van der Waals surface area (Å²) in [6.07, 6.45) is 0. The van der Waals surface area contributed by atoms with Crippen molar-refractivity contribution < 1.29 is 17.7 Å². The number of nitrogens with zero attached hydrogens (tertiary/aromatic N) is 2. The highest BCUT2D eigenvalue weighted by Gasteiger charge is 2.26. The predicted molar refractivity (Wildman–Crippen MR) is 119 cm³/mol. The van der Waals surface area contributed by atoms with Gasteiger partial charge in [-0.1, -0.05) is 60.7 Å². The largest absolute Gasteiger partial charge is 0.344 e. The van der Waals surface area contributed by atoms with Gasteiger partial charge < -0.3 is 9.80 Å². The maximum Gasteiger partial charge on any atom is 0.284 e. The van der Waals surface area contributed by atoms with E-state index in [1.165, 1.54) is 22.6 Å². The third-order valence-electron chi connectivity index (χ3n) is 5.42. The van der Waals surface area contributed by atoms with Gasteiger partial charge in [0.25, 0.3) is 10.0 Å². The number of amidine groups is 1. The van der Waals surface area contributed by atoms with E-state index >= 15 is 0 Å². The Morgan fingerprint density at radius 2 is 1.45 bits per heavy atom. The molecule has 0 atom stereocenters. The Labute approximate surface area is 182 Å². The summed E-state index contributed by atoms with van der Waals surface area (Å²) in [5.74, 6) is -0.0487. The van der Waals surface area contributed by atoms with Crippen LogP contribution in [-0.2, 0) is 16.6 Å². The molecular formula is C24H25FN3O2S+. The molecule has 0 aliphatic carbocycles. The van der Waals surface area contributed by atoms with Crippen LogP contribution in [0, 0.1) is 5.82 Å². The Morgan fingerprint density at radius 3 is 2.06 bits per heavy atom. The maximum absolute atomic E-state index is 13.2. The summed E-state index contributed by atoms with van der Waals surface area (Å²) in [4.78, 5) is 3.47. The van der Waals surface area contributed by atoms with E-state index < -0.39 is 15.8 Å². The number of nitrogens with one attached hydrogen (secondary N) is 1. The SMILES string of the molecule is O=S(=O)(N=C(c1ccccc1)N1CC[NH+](Cc2ccccc2)CC1)c1ccc(F)cc1. The molecule has 0 saturated carbocycles. The van der Waals surface area contributed by atoms with Crippen LogP contribution in [0.1, 0.15) is 11.1 Å². The van der Waals surface area contributed by atoms with Gasteiger partial charge in [-0.15, -0.1) is 4.40 Å². The first-order valence-electron chi connectivity index (χ1n) is 10.3. The van der Waals surface area contributed by atoms with Crippen LogP contribution in [0.15, 0.2) is 94.2 Å². The van der Waals surface area contributed by atoms with Crippen molar-refractivity contribution in [3.63, 3.8) is 0 Å². The van der Waals surface area contributed by atoms with E-state index in [-0.39, 0.29) is 4.90 Å². The first-order chi connectivity index (χ1) is 15.0. The van der Waals surface area contributed by atoms with Crippen molar-refractivity contribution in [3.8, 4) is 0 Å². The molecule has 1 aliphatic rings. The molecule has 0 aromatic heterocycles. The van der Waals surface area contributed by atoms with Crippen LogP contribution in [0.5, 0.6) is 0 Å². The number of hydrogen-bond acceptors (Lipinski definition) is 2. The zero-order chi connectivity index (χ0) is 21.7. The van der Waals surface area contributed by atoms with Gasteiger partial charge in [0.15, 0.2) is 0 Å². The summed E-state index contributed by atoms with van der Waals surface area (Å²) in [5, 5.41) is 0. The molecule has 1 saturated heterocycles. The van der Waals surface area contributed by atoms with E-state index in [4.69, 9.17) is 0 Å². The number of benzene rings is 3. The molecule has 0 bridgehead atoms. The van der Waals surface area contributed by atoms with Crippen molar-refractivity contribution >= 4 is 15.9 Å². The van der Waals surface area contributed by atoms with Gasteiger partial charge in [0.05, 0.1) is 31.1 Å². The second-order valence-electron chi connectivity index (χ2n) is 7.61. The van der Waals surface area contributed by atoms with Crippen LogP contribution in [0.25, 0.3) is 0 Å². The van der Waals surface area contributed by atoms with Crippen molar-refractivity contribution in [1.82, 2.24) is 4.90 Å². The summed E-state index contributed by atoms with van der Waals surface area (Å²) in [6, 6.07) is 24.5. The molecule has 0 spiro atoms. The number of hydrogen-bond donors (Lipinski definition) is 1. The Kier molecular flexibility index (Phi) is 6.44. The number of piperazine rings is 1. The van der Waals surface area contributed by atoms with E-state index in [9.17, 15) is 12.8 Å². The number of halogens is 1. The van der Waals surface area contributed by atoms with E-state index in [0.29, 0.717) is 18.9 Å². The average Bonchev–Trinajstić information content (AvgIpc) is 2.80.